The molecule has 0 atom stereocenters. The third-order valence-electron chi connectivity index (χ3n) is 6.70. The lowest BCUT2D eigenvalue weighted by atomic mass is 9.99. The van der Waals surface area contributed by atoms with Crippen molar-refractivity contribution in [3.8, 4) is 5.75 Å². The predicted molar refractivity (Wildman–Crippen MR) is 131 cm³/mol. The molecule has 0 unspecified atom stereocenters. The molecule has 0 bridgehead atoms. The lowest BCUT2D eigenvalue weighted by molar-refractivity contribution is 0.0984. The summed E-state index contributed by atoms with van der Waals surface area (Å²) >= 11 is 0. The Morgan fingerprint density at radius 2 is 1.51 bits per heavy atom. The SMILES string of the molecule is O=C(c1c(N2CCCc3ccccc32)oc(=O)c2c(O)cc(=O)oc12)N1CCCc2ccccc21. The van der Waals surface area contributed by atoms with Gasteiger partial charge in [0.2, 0.25) is 5.88 Å². The second-order valence-electron chi connectivity index (χ2n) is 8.80. The van der Waals surface area contributed by atoms with Crippen LogP contribution in [0.15, 0.2) is 73.0 Å². The summed E-state index contributed by atoms with van der Waals surface area (Å²) in [4.78, 5) is 42.8. The molecule has 35 heavy (non-hydrogen) atoms. The summed E-state index contributed by atoms with van der Waals surface area (Å²) in [5, 5.41) is 10.1. The van der Waals surface area contributed by atoms with Gasteiger partial charge in [-0.15, -0.1) is 0 Å². The van der Waals surface area contributed by atoms with Crippen molar-refractivity contribution < 1.29 is 18.7 Å². The van der Waals surface area contributed by atoms with Crippen LogP contribution >= 0.6 is 0 Å². The number of anilines is 3. The molecule has 4 aromatic rings. The summed E-state index contributed by atoms with van der Waals surface area (Å²) in [6.45, 7) is 0.959. The molecule has 1 amide bonds. The van der Waals surface area contributed by atoms with Gasteiger partial charge in [-0.1, -0.05) is 36.4 Å². The van der Waals surface area contributed by atoms with E-state index in [-0.39, 0.29) is 22.4 Å². The molecule has 0 fully saturated rings. The third kappa shape index (κ3) is 3.41. The van der Waals surface area contributed by atoms with Crippen molar-refractivity contribution in [3.63, 3.8) is 0 Å². The van der Waals surface area contributed by atoms with Crippen molar-refractivity contribution in [2.75, 3.05) is 22.9 Å². The predicted octanol–water partition coefficient (Wildman–Crippen LogP) is 4.13. The highest BCUT2D eigenvalue weighted by Crippen LogP contribution is 2.39. The Bertz CT molecular complexity index is 1600. The number of hydrogen-bond donors (Lipinski definition) is 1. The first-order valence-electron chi connectivity index (χ1n) is 11.6. The Labute approximate surface area is 199 Å². The van der Waals surface area contributed by atoms with Crippen molar-refractivity contribution in [1.29, 1.82) is 0 Å². The molecule has 2 aromatic heterocycles. The fourth-order valence-electron chi connectivity index (χ4n) is 5.14. The summed E-state index contributed by atoms with van der Waals surface area (Å²) in [6.07, 6.45) is 3.23. The minimum absolute atomic E-state index is 0.0106. The molecule has 0 saturated heterocycles. The second-order valence-corrected chi connectivity index (χ2v) is 8.80. The Balaban J connectivity index is 1.64. The van der Waals surface area contributed by atoms with Crippen molar-refractivity contribution in [3.05, 3.63) is 92.1 Å². The van der Waals surface area contributed by atoms with Crippen LogP contribution in [0.5, 0.6) is 5.75 Å². The van der Waals surface area contributed by atoms with Gasteiger partial charge in [0.1, 0.15) is 16.7 Å². The number of fused-ring (bicyclic) bond motifs is 3. The van der Waals surface area contributed by atoms with E-state index in [4.69, 9.17) is 8.83 Å². The Morgan fingerprint density at radius 3 is 2.29 bits per heavy atom. The zero-order valence-electron chi connectivity index (χ0n) is 18.8. The number of aryl methyl sites for hydroxylation is 2. The van der Waals surface area contributed by atoms with Gasteiger partial charge in [-0.05, 0) is 48.9 Å². The van der Waals surface area contributed by atoms with Crippen LogP contribution in [0.3, 0.4) is 0 Å². The molecule has 2 aromatic carbocycles. The number of carbonyl (C=O) groups excluding carboxylic acids is 1. The van der Waals surface area contributed by atoms with E-state index in [1.165, 1.54) is 0 Å². The van der Waals surface area contributed by atoms with Crippen LogP contribution in [0.25, 0.3) is 11.0 Å². The summed E-state index contributed by atoms with van der Waals surface area (Å²) in [5.41, 5.74) is 1.60. The highest BCUT2D eigenvalue weighted by Gasteiger charge is 2.34. The van der Waals surface area contributed by atoms with Crippen LogP contribution in [-0.2, 0) is 12.8 Å². The van der Waals surface area contributed by atoms with E-state index in [1.54, 1.807) is 9.80 Å². The number of benzene rings is 2. The molecule has 8 nitrogen and oxygen atoms in total. The summed E-state index contributed by atoms with van der Waals surface area (Å²) in [6, 6.07) is 16.2. The molecule has 8 heteroatoms. The van der Waals surface area contributed by atoms with Gasteiger partial charge in [0.15, 0.2) is 5.58 Å². The van der Waals surface area contributed by atoms with E-state index < -0.39 is 22.9 Å². The van der Waals surface area contributed by atoms with Crippen LogP contribution in [0, 0.1) is 0 Å². The maximum Gasteiger partial charge on any atom is 0.352 e. The summed E-state index contributed by atoms with van der Waals surface area (Å²) < 4.78 is 11.2. The number of carbonyl (C=O) groups is 1. The molecule has 0 aliphatic carbocycles. The fourth-order valence-corrected chi connectivity index (χ4v) is 5.14. The standard InChI is InChI=1S/C27H22N2O6/c30-20-15-21(31)34-24-22(20)27(33)35-26(29-14-6-10-17-8-2-4-12-19(17)29)23(24)25(32)28-13-5-9-16-7-1-3-11-18(16)28/h1-4,7-8,11-12,15,30H,5-6,9-10,13-14H2. The number of para-hydroxylation sites is 2. The highest BCUT2D eigenvalue weighted by molar-refractivity contribution is 6.16. The molecule has 4 heterocycles. The normalized spacial score (nSPS) is 15.1. The summed E-state index contributed by atoms with van der Waals surface area (Å²) in [7, 11) is 0. The van der Waals surface area contributed by atoms with Crippen LogP contribution in [0.1, 0.15) is 34.3 Å². The average molecular weight is 470 g/mol. The number of hydrogen-bond acceptors (Lipinski definition) is 7. The maximum absolute atomic E-state index is 14.2. The molecule has 2 aliphatic heterocycles. The van der Waals surface area contributed by atoms with Gasteiger partial charge in [0.25, 0.3) is 5.91 Å². The van der Waals surface area contributed by atoms with Crippen LogP contribution in [0.4, 0.5) is 17.3 Å². The van der Waals surface area contributed by atoms with E-state index >= 15 is 0 Å². The first-order valence-corrected chi connectivity index (χ1v) is 11.6. The van der Waals surface area contributed by atoms with Crippen LogP contribution in [-0.4, -0.2) is 24.1 Å². The number of amides is 1. The Kier molecular flexibility index (Phi) is 4.95. The lowest BCUT2D eigenvalue weighted by Gasteiger charge is -2.33. The van der Waals surface area contributed by atoms with Gasteiger partial charge in [0.05, 0.1) is 6.07 Å². The molecule has 0 spiro atoms. The quantitative estimate of drug-likeness (QED) is 0.470. The molecular weight excluding hydrogens is 448 g/mol. The topological polar surface area (TPSA) is 104 Å². The molecule has 6 rings (SSSR count). The Hall–Kier alpha value is -4.33. The van der Waals surface area contributed by atoms with E-state index in [0.29, 0.717) is 13.1 Å². The molecule has 0 saturated carbocycles. The van der Waals surface area contributed by atoms with Crippen LogP contribution < -0.4 is 21.1 Å². The average Bonchev–Trinajstić information content (AvgIpc) is 2.87. The fraction of sp³-hybridized carbons (Fsp3) is 0.222. The zero-order valence-corrected chi connectivity index (χ0v) is 18.8. The van der Waals surface area contributed by atoms with Crippen molar-refractivity contribution in [2.24, 2.45) is 0 Å². The van der Waals surface area contributed by atoms with Gasteiger partial charge in [-0.2, -0.15) is 0 Å². The Morgan fingerprint density at radius 1 is 0.857 bits per heavy atom. The van der Waals surface area contributed by atoms with E-state index in [1.807, 2.05) is 48.5 Å². The van der Waals surface area contributed by atoms with Crippen molar-refractivity contribution in [1.82, 2.24) is 0 Å². The first-order chi connectivity index (χ1) is 17.0. The molecule has 1 N–H and O–H groups in total. The monoisotopic (exact) mass is 470 g/mol. The van der Waals surface area contributed by atoms with Gasteiger partial charge in [-0.3, -0.25) is 4.79 Å². The molecule has 0 radical (unpaired) electrons. The first kappa shape index (κ1) is 21.2. The zero-order chi connectivity index (χ0) is 24.1. The number of rotatable bonds is 2. The maximum atomic E-state index is 14.2. The second kappa shape index (κ2) is 8.16. The van der Waals surface area contributed by atoms with Gasteiger partial charge >= 0.3 is 11.3 Å². The van der Waals surface area contributed by atoms with E-state index in [0.717, 1.165) is 54.3 Å². The van der Waals surface area contributed by atoms with E-state index in [9.17, 15) is 19.5 Å². The minimum Gasteiger partial charge on any atom is -0.507 e. The van der Waals surface area contributed by atoms with Gasteiger partial charge in [-0.25, -0.2) is 9.59 Å². The van der Waals surface area contributed by atoms with Gasteiger partial charge < -0.3 is 23.7 Å². The smallest absolute Gasteiger partial charge is 0.352 e. The number of aromatic hydroxyl groups is 1. The number of nitrogens with zero attached hydrogens (tertiary/aromatic N) is 2. The molecular formula is C27H22N2O6. The van der Waals surface area contributed by atoms with E-state index in [2.05, 4.69) is 0 Å². The van der Waals surface area contributed by atoms with Crippen LogP contribution in [0.2, 0.25) is 0 Å². The van der Waals surface area contributed by atoms with Crippen molar-refractivity contribution in [2.45, 2.75) is 25.7 Å². The van der Waals surface area contributed by atoms with Crippen molar-refractivity contribution >= 4 is 34.1 Å². The lowest BCUT2D eigenvalue weighted by Crippen LogP contribution is -2.37. The third-order valence-corrected chi connectivity index (χ3v) is 6.70. The molecule has 2 aliphatic rings. The molecule has 176 valence electrons. The highest BCUT2D eigenvalue weighted by atomic mass is 16.4. The van der Waals surface area contributed by atoms with Gasteiger partial charge in [0, 0.05) is 24.5 Å². The minimum atomic E-state index is -0.880. The summed E-state index contributed by atoms with van der Waals surface area (Å²) in [5.74, 6) is -1.03. The largest absolute Gasteiger partial charge is 0.507 e.